The fourth-order valence-corrected chi connectivity index (χ4v) is 8.97. The third-order valence-corrected chi connectivity index (χ3v) is 13.5. The topological polar surface area (TPSA) is 61.8 Å². The molecule has 1 atom stereocenters. The predicted molar refractivity (Wildman–Crippen MR) is 289 cm³/mol. The van der Waals surface area contributed by atoms with Crippen molar-refractivity contribution in [2.45, 2.75) is 335 Å². The van der Waals surface area contributed by atoms with Gasteiger partial charge in [0.1, 0.15) is 6.61 Å². The highest BCUT2D eigenvalue weighted by Crippen LogP contribution is 2.17. The molecule has 0 aliphatic rings. The molecule has 5 nitrogen and oxygen atoms in total. The van der Waals surface area contributed by atoms with Gasteiger partial charge in [-0.15, -0.1) is 0 Å². The standard InChI is InChI=1S/C61H116O5/c1-4-7-10-13-16-19-22-25-27-29-30-31-32-33-34-37-40-43-46-49-52-55-61(63)66-59(58-65-60(62)54-51-48-45-42-39-36-24-21-18-15-12-9-6-3)57-64-56-53-50-47-44-41-38-35-28-26-23-20-17-14-11-8-5-2/h21,24-25,27,59H,4-20,22-23,26,28-58H2,1-3H3/b24-21-,27-25-/t59-/m1/s1. The summed E-state index contributed by atoms with van der Waals surface area (Å²) in [5.41, 5.74) is 0. The summed E-state index contributed by atoms with van der Waals surface area (Å²) in [4.78, 5) is 25.5. The molecule has 0 aliphatic heterocycles. The van der Waals surface area contributed by atoms with Gasteiger partial charge in [0.2, 0.25) is 0 Å². The molecule has 0 saturated carbocycles. The monoisotopic (exact) mass is 929 g/mol. The van der Waals surface area contributed by atoms with Crippen molar-refractivity contribution >= 4 is 11.9 Å². The lowest BCUT2D eigenvalue weighted by Crippen LogP contribution is -2.30. The van der Waals surface area contributed by atoms with E-state index in [-0.39, 0.29) is 18.5 Å². The minimum atomic E-state index is -0.534. The van der Waals surface area contributed by atoms with E-state index in [1.54, 1.807) is 0 Å². The van der Waals surface area contributed by atoms with Gasteiger partial charge in [-0.25, -0.2) is 0 Å². The van der Waals surface area contributed by atoms with E-state index < -0.39 is 6.10 Å². The van der Waals surface area contributed by atoms with Gasteiger partial charge in [0.05, 0.1) is 6.61 Å². The van der Waals surface area contributed by atoms with E-state index in [4.69, 9.17) is 14.2 Å². The SMILES string of the molecule is CCCCCC/C=C\CCCCCCCC(=O)OC[C@@H](COCCCCCCCCCCCCCCCCCC)OC(=O)CCCCCCCCCCCCC/C=C\CCCCCCCC. The Morgan fingerprint density at radius 1 is 0.318 bits per heavy atom. The van der Waals surface area contributed by atoms with Crippen LogP contribution in [0.4, 0.5) is 0 Å². The first-order valence-corrected chi connectivity index (χ1v) is 29.9. The molecule has 0 rings (SSSR count). The third kappa shape index (κ3) is 55.0. The average molecular weight is 930 g/mol. The van der Waals surface area contributed by atoms with Crippen LogP contribution < -0.4 is 0 Å². The molecule has 66 heavy (non-hydrogen) atoms. The predicted octanol–water partition coefficient (Wildman–Crippen LogP) is 20.4. The Kier molecular flexibility index (Phi) is 56.3. The van der Waals surface area contributed by atoms with Gasteiger partial charge in [-0.3, -0.25) is 9.59 Å². The van der Waals surface area contributed by atoms with Crippen molar-refractivity contribution in [3.8, 4) is 0 Å². The number of unbranched alkanes of at least 4 members (excludes halogenated alkanes) is 41. The summed E-state index contributed by atoms with van der Waals surface area (Å²) in [6, 6.07) is 0. The lowest BCUT2D eigenvalue weighted by atomic mass is 10.0. The Labute approximate surface area is 413 Å². The summed E-state index contributed by atoms with van der Waals surface area (Å²) >= 11 is 0. The second-order valence-electron chi connectivity index (χ2n) is 20.3. The molecule has 0 bridgehead atoms. The summed E-state index contributed by atoms with van der Waals surface area (Å²) in [5, 5.41) is 0. The molecule has 0 heterocycles. The molecule has 0 aromatic heterocycles. The smallest absolute Gasteiger partial charge is 0.306 e. The van der Waals surface area contributed by atoms with Crippen LogP contribution in [-0.4, -0.2) is 37.9 Å². The van der Waals surface area contributed by atoms with Crippen LogP contribution in [0.2, 0.25) is 0 Å². The Bertz CT molecular complexity index is 1010. The molecule has 0 aromatic rings. The zero-order valence-electron chi connectivity index (χ0n) is 45.0. The van der Waals surface area contributed by atoms with Gasteiger partial charge in [-0.05, 0) is 70.6 Å². The molecule has 0 unspecified atom stereocenters. The number of ether oxygens (including phenoxy) is 3. The van der Waals surface area contributed by atoms with Crippen LogP contribution in [-0.2, 0) is 23.8 Å². The summed E-state index contributed by atoms with van der Waals surface area (Å²) in [6.07, 6.45) is 69.2. The van der Waals surface area contributed by atoms with Crippen LogP contribution in [0.5, 0.6) is 0 Å². The fourth-order valence-electron chi connectivity index (χ4n) is 8.97. The maximum Gasteiger partial charge on any atom is 0.306 e. The van der Waals surface area contributed by atoms with E-state index in [2.05, 4.69) is 45.1 Å². The summed E-state index contributed by atoms with van der Waals surface area (Å²) < 4.78 is 17.5. The quantitative estimate of drug-likeness (QED) is 0.0345. The molecular formula is C61H116O5. The first kappa shape index (κ1) is 64.4. The number of hydrogen-bond acceptors (Lipinski definition) is 5. The molecule has 0 aromatic carbocycles. The Hall–Kier alpha value is -1.62. The molecule has 0 spiro atoms. The maximum atomic E-state index is 12.9. The average Bonchev–Trinajstić information content (AvgIpc) is 3.32. The Morgan fingerprint density at radius 3 is 0.939 bits per heavy atom. The van der Waals surface area contributed by atoms with Gasteiger partial charge in [-0.2, -0.15) is 0 Å². The van der Waals surface area contributed by atoms with E-state index in [9.17, 15) is 9.59 Å². The third-order valence-electron chi connectivity index (χ3n) is 13.5. The van der Waals surface area contributed by atoms with Crippen LogP contribution in [0.25, 0.3) is 0 Å². The lowest BCUT2D eigenvalue weighted by Gasteiger charge is -2.18. The second kappa shape index (κ2) is 57.7. The van der Waals surface area contributed by atoms with Crippen LogP contribution >= 0.6 is 0 Å². The highest BCUT2D eigenvalue weighted by molar-refractivity contribution is 5.70. The highest BCUT2D eigenvalue weighted by Gasteiger charge is 2.17. The molecule has 0 amide bonds. The summed E-state index contributed by atoms with van der Waals surface area (Å²) in [5.74, 6) is -0.386. The molecule has 390 valence electrons. The molecule has 0 saturated heterocycles. The second-order valence-corrected chi connectivity index (χ2v) is 20.3. The molecular weight excluding hydrogens is 813 g/mol. The largest absolute Gasteiger partial charge is 0.462 e. The maximum absolute atomic E-state index is 12.9. The van der Waals surface area contributed by atoms with Gasteiger partial charge in [0, 0.05) is 19.4 Å². The Balaban J connectivity index is 4.19. The van der Waals surface area contributed by atoms with Crippen molar-refractivity contribution < 1.29 is 23.8 Å². The molecule has 0 aliphatic carbocycles. The summed E-state index contributed by atoms with van der Waals surface area (Å²) in [7, 11) is 0. The van der Waals surface area contributed by atoms with Crippen molar-refractivity contribution in [1.82, 2.24) is 0 Å². The summed E-state index contributed by atoms with van der Waals surface area (Å²) in [6.45, 7) is 7.87. The lowest BCUT2D eigenvalue weighted by molar-refractivity contribution is -0.163. The zero-order valence-corrected chi connectivity index (χ0v) is 45.0. The fraction of sp³-hybridized carbons (Fsp3) is 0.902. The molecule has 0 radical (unpaired) electrons. The van der Waals surface area contributed by atoms with Crippen LogP contribution in [0.15, 0.2) is 24.3 Å². The number of esters is 2. The number of carbonyl (C=O) groups excluding carboxylic acids is 2. The number of carbonyl (C=O) groups is 2. The van der Waals surface area contributed by atoms with Gasteiger partial charge >= 0.3 is 11.9 Å². The first-order chi connectivity index (χ1) is 32.6. The van der Waals surface area contributed by atoms with Gasteiger partial charge in [0.15, 0.2) is 6.10 Å². The number of rotatable bonds is 56. The molecule has 0 fully saturated rings. The van der Waals surface area contributed by atoms with Crippen molar-refractivity contribution in [3.63, 3.8) is 0 Å². The van der Waals surface area contributed by atoms with E-state index in [0.29, 0.717) is 26.1 Å². The van der Waals surface area contributed by atoms with E-state index in [1.165, 1.54) is 250 Å². The normalized spacial score (nSPS) is 12.2. The van der Waals surface area contributed by atoms with E-state index >= 15 is 0 Å². The number of hydrogen-bond donors (Lipinski definition) is 0. The minimum absolute atomic E-state index is 0.0880. The van der Waals surface area contributed by atoms with Crippen LogP contribution in [0.3, 0.4) is 0 Å². The first-order valence-electron chi connectivity index (χ1n) is 29.9. The van der Waals surface area contributed by atoms with Gasteiger partial charge < -0.3 is 14.2 Å². The zero-order chi connectivity index (χ0) is 47.7. The van der Waals surface area contributed by atoms with Gasteiger partial charge in [0.25, 0.3) is 0 Å². The van der Waals surface area contributed by atoms with E-state index in [1.807, 2.05) is 0 Å². The van der Waals surface area contributed by atoms with E-state index in [0.717, 1.165) is 44.9 Å². The van der Waals surface area contributed by atoms with Crippen LogP contribution in [0, 0.1) is 0 Å². The van der Waals surface area contributed by atoms with Crippen molar-refractivity contribution in [3.05, 3.63) is 24.3 Å². The Morgan fingerprint density at radius 2 is 0.591 bits per heavy atom. The van der Waals surface area contributed by atoms with Crippen LogP contribution in [0.1, 0.15) is 329 Å². The molecule has 5 heteroatoms. The molecule has 0 N–H and O–H groups in total. The number of allylic oxidation sites excluding steroid dienone is 4. The highest BCUT2D eigenvalue weighted by atomic mass is 16.6. The van der Waals surface area contributed by atoms with Crippen molar-refractivity contribution in [2.75, 3.05) is 19.8 Å². The van der Waals surface area contributed by atoms with Crippen molar-refractivity contribution in [2.24, 2.45) is 0 Å². The van der Waals surface area contributed by atoms with Crippen molar-refractivity contribution in [1.29, 1.82) is 0 Å². The van der Waals surface area contributed by atoms with Gasteiger partial charge in [-0.1, -0.05) is 270 Å². The minimum Gasteiger partial charge on any atom is -0.462 e.